The zero-order valence-electron chi connectivity index (χ0n) is 16.6. The first-order chi connectivity index (χ1) is 13.4. The van der Waals surface area contributed by atoms with Gasteiger partial charge in [0.2, 0.25) is 5.91 Å². The van der Waals surface area contributed by atoms with Crippen LogP contribution in [0.5, 0.6) is 5.75 Å². The number of halogens is 1. The van der Waals surface area contributed by atoms with Gasteiger partial charge >= 0.3 is 0 Å². The average Bonchev–Trinajstić information content (AvgIpc) is 2.69. The molecule has 0 saturated carbocycles. The summed E-state index contributed by atoms with van der Waals surface area (Å²) in [5.74, 6) is 0.126. The molecule has 2 rings (SSSR count). The SMILES string of the molecule is CCCNC(=O)[C@H](C)N(Cc1cccc(C)c1)C(=O)COc1ccc(Cl)cc1. The van der Waals surface area contributed by atoms with E-state index >= 15 is 0 Å². The van der Waals surface area contributed by atoms with Crippen LogP contribution in [0.1, 0.15) is 31.4 Å². The van der Waals surface area contributed by atoms with Crippen LogP contribution in [-0.4, -0.2) is 35.9 Å². The maximum atomic E-state index is 12.9. The van der Waals surface area contributed by atoms with Crippen molar-refractivity contribution < 1.29 is 14.3 Å². The van der Waals surface area contributed by atoms with Crippen LogP contribution in [0.4, 0.5) is 0 Å². The molecule has 6 heteroatoms. The van der Waals surface area contributed by atoms with Crippen molar-refractivity contribution in [2.24, 2.45) is 0 Å². The second-order valence-corrected chi connectivity index (χ2v) is 7.16. The molecule has 0 bridgehead atoms. The molecule has 2 aromatic carbocycles. The zero-order valence-corrected chi connectivity index (χ0v) is 17.3. The Kier molecular flexibility index (Phi) is 8.33. The van der Waals surface area contributed by atoms with Crippen molar-refractivity contribution in [3.05, 3.63) is 64.7 Å². The quantitative estimate of drug-likeness (QED) is 0.690. The number of benzene rings is 2. The van der Waals surface area contributed by atoms with Crippen LogP contribution < -0.4 is 10.1 Å². The Bertz CT molecular complexity index is 793. The zero-order chi connectivity index (χ0) is 20.5. The van der Waals surface area contributed by atoms with Gasteiger partial charge in [0.25, 0.3) is 5.91 Å². The standard InChI is InChI=1S/C22H27ClN2O3/c1-4-12-24-22(27)17(3)25(14-18-7-5-6-16(2)13-18)21(26)15-28-20-10-8-19(23)9-11-20/h5-11,13,17H,4,12,14-15H2,1-3H3,(H,24,27)/t17-/m0/s1. The minimum atomic E-state index is -0.603. The first-order valence-corrected chi connectivity index (χ1v) is 9.79. The second-order valence-electron chi connectivity index (χ2n) is 6.72. The van der Waals surface area contributed by atoms with Crippen molar-refractivity contribution in [3.63, 3.8) is 0 Å². The Morgan fingerprint density at radius 2 is 1.89 bits per heavy atom. The summed E-state index contributed by atoms with van der Waals surface area (Å²) < 4.78 is 5.59. The lowest BCUT2D eigenvalue weighted by molar-refractivity contribution is -0.142. The van der Waals surface area contributed by atoms with Gasteiger partial charge < -0.3 is 15.0 Å². The summed E-state index contributed by atoms with van der Waals surface area (Å²) in [4.78, 5) is 26.9. The number of aryl methyl sites for hydroxylation is 1. The van der Waals surface area contributed by atoms with Gasteiger partial charge in [0.15, 0.2) is 6.61 Å². The van der Waals surface area contributed by atoms with Gasteiger partial charge in [-0.3, -0.25) is 9.59 Å². The van der Waals surface area contributed by atoms with Crippen molar-refractivity contribution in [3.8, 4) is 5.75 Å². The van der Waals surface area contributed by atoms with Crippen molar-refractivity contribution in [1.29, 1.82) is 0 Å². The number of hydrogen-bond acceptors (Lipinski definition) is 3. The summed E-state index contributed by atoms with van der Waals surface area (Å²) in [6.45, 7) is 6.49. The lowest BCUT2D eigenvalue weighted by atomic mass is 10.1. The number of nitrogens with zero attached hydrogens (tertiary/aromatic N) is 1. The Morgan fingerprint density at radius 1 is 1.18 bits per heavy atom. The van der Waals surface area contributed by atoms with Crippen molar-refractivity contribution in [1.82, 2.24) is 10.2 Å². The molecule has 0 saturated heterocycles. The predicted octanol–water partition coefficient (Wildman–Crippen LogP) is 3.97. The van der Waals surface area contributed by atoms with E-state index in [-0.39, 0.29) is 18.4 Å². The van der Waals surface area contributed by atoms with E-state index in [1.54, 1.807) is 36.1 Å². The van der Waals surface area contributed by atoms with Gasteiger partial charge in [-0.15, -0.1) is 0 Å². The Hall–Kier alpha value is -2.53. The summed E-state index contributed by atoms with van der Waals surface area (Å²) in [6, 6.07) is 14.1. The summed E-state index contributed by atoms with van der Waals surface area (Å²) in [7, 11) is 0. The molecule has 0 spiro atoms. The summed E-state index contributed by atoms with van der Waals surface area (Å²) >= 11 is 5.87. The lowest BCUT2D eigenvalue weighted by Gasteiger charge is -2.28. The molecule has 28 heavy (non-hydrogen) atoms. The molecule has 0 aliphatic rings. The maximum absolute atomic E-state index is 12.9. The first kappa shape index (κ1) is 21.8. The largest absolute Gasteiger partial charge is 0.484 e. The molecular formula is C22H27ClN2O3. The molecule has 0 heterocycles. The fourth-order valence-electron chi connectivity index (χ4n) is 2.74. The van der Waals surface area contributed by atoms with E-state index in [2.05, 4.69) is 5.32 Å². The van der Waals surface area contributed by atoms with Crippen molar-refractivity contribution in [2.75, 3.05) is 13.2 Å². The monoisotopic (exact) mass is 402 g/mol. The molecule has 1 N–H and O–H groups in total. The number of ether oxygens (including phenoxy) is 1. The molecule has 150 valence electrons. The molecule has 1 atom stereocenters. The van der Waals surface area contributed by atoms with E-state index < -0.39 is 6.04 Å². The summed E-state index contributed by atoms with van der Waals surface area (Å²) in [6.07, 6.45) is 0.837. The maximum Gasteiger partial charge on any atom is 0.261 e. The minimum Gasteiger partial charge on any atom is -0.484 e. The molecule has 0 radical (unpaired) electrons. The number of hydrogen-bond donors (Lipinski definition) is 1. The van der Waals surface area contributed by atoms with Gasteiger partial charge in [0, 0.05) is 18.1 Å². The van der Waals surface area contributed by atoms with Gasteiger partial charge in [-0.1, -0.05) is 48.4 Å². The van der Waals surface area contributed by atoms with Crippen molar-refractivity contribution >= 4 is 23.4 Å². The van der Waals surface area contributed by atoms with Crippen LogP contribution in [0.3, 0.4) is 0 Å². The van der Waals surface area contributed by atoms with Crippen LogP contribution in [0, 0.1) is 6.92 Å². The summed E-state index contributed by atoms with van der Waals surface area (Å²) in [5, 5.41) is 3.45. The van der Waals surface area contributed by atoms with E-state index in [0.29, 0.717) is 23.9 Å². The number of nitrogens with one attached hydrogen (secondary N) is 1. The summed E-state index contributed by atoms with van der Waals surface area (Å²) in [5.41, 5.74) is 2.07. The van der Waals surface area contributed by atoms with E-state index in [0.717, 1.165) is 17.5 Å². The molecule has 0 aromatic heterocycles. The molecule has 5 nitrogen and oxygen atoms in total. The highest BCUT2D eigenvalue weighted by Gasteiger charge is 2.26. The van der Waals surface area contributed by atoms with E-state index in [9.17, 15) is 9.59 Å². The minimum absolute atomic E-state index is 0.154. The average molecular weight is 403 g/mol. The normalized spacial score (nSPS) is 11.6. The molecule has 0 fully saturated rings. The van der Waals surface area contributed by atoms with Crippen LogP contribution in [0.15, 0.2) is 48.5 Å². The third-order valence-corrected chi connectivity index (χ3v) is 4.58. The highest BCUT2D eigenvalue weighted by Crippen LogP contribution is 2.16. The highest BCUT2D eigenvalue weighted by molar-refractivity contribution is 6.30. The molecule has 2 amide bonds. The highest BCUT2D eigenvalue weighted by atomic mass is 35.5. The molecule has 2 aromatic rings. The number of carbonyl (C=O) groups is 2. The molecule has 0 aliphatic carbocycles. The molecule has 0 aliphatic heterocycles. The first-order valence-electron chi connectivity index (χ1n) is 9.41. The topological polar surface area (TPSA) is 58.6 Å². The van der Waals surface area contributed by atoms with Crippen molar-refractivity contribution in [2.45, 2.75) is 39.8 Å². The third-order valence-electron chi connectivity index (χ3n) is 4.33. The van der Waals surface area contributed by atoms with E-state index in [4.69, 9.17) is 16.3 Å². The number of rotatable bonds is 9. The van der Waals surface area contributed by atoms with Gasteiger partial charge in [-0.05, 0) is 50.1 Å². The fraction of sp³-hybridized carbons (Fsp3) is 0.364. The van der Waals surface area contributed by atoms with Crippen LogP contribution in [0.25, 0.3) is 0 Å². The van der Waals surface area contributed by atoms with Crippen LogP contribution >= 0.6 is 11.6 Å². The van der Waals surface area contributed by atoms with E-state index in [1.807, 2.05) is 38.1 Å². The lowest BCUT2D eigenvalue weighted by Crippen LogP contribution is -2.49. The number of carbonyl (C=O) groups excluding carboxylic acids is 2. The Balaban J connectivity index is 2.12. The van der Waals surface area contributed by atoms with Gasteiger partial charge in [0.1, 0.15) is 11.8 Å². The predicted molar refractivity (Wildman–Crippen MR) is 111 cm³/mol. The van der Waals surface area contributed by atoms with Gasteiger partial charge in [0.05, 0.1) is 0 Å². The second kappa shape index (κ2) is 10.7. The van der Waals surface area contributed by atoms with Crippen LogP contribution in [0.2, 0.25) is 5.02 Å². The van der Waals surface area contributed by atoms with Crippen LogP contribution in [-0.2, 0) is 16.1 Å². The fourth-order valence-corrected chi connectivity index (χ4v) is 2.87. The van der Waals surface area contributed by atoms with E-state index in [1.165, 1.54) is 0 Å². The Morgan fingerprint density at radius 3 is 2.54 bits per heavy atom. The Labute approximate surface area is 171 Å². The third kappa shape index (κ3) is 6.57. The van der Waals surface area contributed by atoms with Gasteiger partial charge in [-0.25, -0.2) is 0 Å². The molecular weight excluding hydrogens is 376 g/mol. The van der Waals surface area contributed by atoms with Gasteiger partial charge in [-0.2, -0.15) is 0 Å². The molecule has 0 unspecified atom stereocenters. The number of amides is 2. The smallest absolute Gasteiger partial charge is 0.261 e.